The summed E-state index contributed by atoms with van der Waals surface area (Å²) in [4.78, 5) is 25.4. The van der Waals surface area contributed by atoms with Crippen LogP contribution in [0.4, 0.5) is 18.9 Å². The fraction of sp³-hybridized carbons (Fsp3) is 0.500. The zero-order valence-corrected chi connectivity index (χ0v) is 13.3. The van der Waals surface area contributed by atoms with Gasteiger partial charge in [-0.05, 0) is 30.7 Å². The molecular weight excluding hydrogens is 323 g/mol. The van der Waals surface area contributed by atoms with E-state index in [0.717, 1.165) is 25.0 Å². The van der Waals surface area contributed by atoms with Gasteiger partial charge in [-0.1, -0.05) is 13.3 Å². The van der Waals surface area contributed by atoms with Crippen LogP contribution in [0.15, 0.2) is 24.3 Å². The standard InChI is InChI=1S/C16H20F3N3O2/c1-2-3-13-8-15(24)22(10-20-13)9-14(23)21-12-6-4-11(5-7-12)16(17,18)19/h4-7,13,20H,2-3,8-10H2,1H3,(H,21,23). The molecule has 0 aromatic heterocycles. The maximum atomic E-state index is 12.5. The van der Waals surface area contributed by atoms with E-state index in [0.29, 0.717) is 13.1 Å². The van der Waals surface area contributed by atoms with Crippen molar-refractivity contribution in [3.8, 4) is 0 Å². The molecule has 24 heavy (non-hydrogen) atoms. The molecule has 0 radical (unpaired) electrons. The van der Waals surface area contributed by atoms with E-state index in [2.05, 4.69) is 10.6 Å². The molecule has 0 spiro atoms. The van der Waals surface area contributed by atoms with Crippen molar-refractivity contribution in [2.45, 2.75) is 38.4 Å². The zero-order valence-electron chi connectivity index (χ0n) is 13.3. The normalized spacial score (nSPS) is 18.6. The molecule has 1 heterocycles. The number of alkyl halides is 3. The van der Waals surface area contributed by atoms with Crippen LogP contribution in [0.3, 0.4) is 0 Å². The third-order valence-electron chi connectivity index (χ3n) is 3.81. The monoisotopic (exact) mass is 343 g/mol. The molecule has 8 heteroatoms. The molecule has 132 valence electrons. The van der Waals surface area contributed by atoms with E-state index in [4.69, 9.17) is 0 Å². The van der Waals surface area contributed by atoms with Crippen LogP contribution >= 0.6 is 0 Å². The topological polar surface area (TPSA) is 61.4 Å². The second-order valence-electron chi connectivity index (χ2n) is 5.77. The number of rotatable bonds is 5. The fourth-order valence-electron chi connectivity index (χ4n) is 2.55. The Morgan fingerprint density at radius 2 is 2.00 bits per heavy atom. The third kappa shape index (κ3) is 4.95. The first-order chi connectivity index (χ1) is 11.3. The van der Waals surface area contributed by atoms with Crippen molar-refractivity contribution in [3.05, 3.63) is 29.8 Å². The predicted octanol–water partition coefficient (Wildman–Crippen LogP) is 2.59. The number of carbonyl (C=O) groups is 2. The van der Waals surface area contributed by atoms with Crippen LogP contribution < -0.4 is 10.6 Å². The maximum Gasteiger partial charge on any atom is 0.416 e. The molecular formula is C16H20F3N3O2. The van der Waals surface area contributed by atoms with Gasteiger partial charge in [0.05, 0.1) is 12.2 Å². The highest BCUT2D eigenvalue weighted by atomic mass is 19.4. The van der Waals surface area contributed by atoms with Crippen molar-refractivity contribution in [2.24, 2.45) is 0 Å². The second kappa shape index (κ2) is 7.65. The molecule has 1 fully saturated rings. The molecule has 2 N–H and O–H groups in total. The van der Waals surface area contributed by atoms with Gasteiger partial charge in [0.2, 0.25) is 11.8 Å². The fourth-order valence-corrected chi connectivity index (χ4v) is 2.55. The smallest absolute Gasteiger partial charge is 0.325 e. The highest BCUT2D eigenvalue weighted by molar-refractivity contribution is 5.94. The van der Waals surface area contributed by atoms with Crippen molar-refractivity contribution in [3.63, 3.8) is 0 Å². The average Bonchev–Trinajstić information content (AvgIpc) is 2.50. The third-order valence-corrected chi connectivity index (χ3v) is 3.81. The molecule has 1 saturated heterocycles. The molecule has 1 aromatic rings. The largest absolute Gasteiger partial charge is 0.416 e. The number of carbonyl (C=O) groups excluding carboxylic acids is 2. The van der Waals surface area contributed by atoms with E-state index in [1.165, 1.54) is 17.0 Å². The van der Waals surface area contributed by atoms with Gasteiger partial charge in [-0.2, -0.15) is 13.2 Å². The molecule has 1 aliphatic rings. The quantitative estimate of drug-likeness (QED) is 0.864. The van der Waals surface area contributed by atoms with Crippen LogP contribution in [0.2, 0.25) is 0 Å². The molecule has 0 saturated carbocycles. The number of nitrogens with one attached hydrogen (secondary N) is 2. The minimum absolute atomic E-state index is 0.102. The van der Waals surface area contributed by atoms with Crippen molar-refractivity contribution in [2.75, 3.05) is 18.5 Å². The second-order valence-corrected chi connectivity index (χ2v) is 5.77. The average molecular weight is 343 g/mol. The van der Waals surface area contributed by atoms with Crippen LogP contribution in [-0.4, -0.2) is 36.0 Å². The van der Waals surface area contributed by atoms with Crippen LogP contribution in [0.1, 0.15) is 31.7 Å². The Bertz CT molecular complexity index is 587. The van der Waals surface area contributed by atoms with E-state index in [-0.39, 0.29) is 24.2 Å². The SMILES string of the molecule is CCCC1CC(=O)N(CC(=O)Nc2ccc(C(F)(F)F)cc2)CN1. The van der Waals surface area contributed by atoms with E-state index >= 15 is 0 Å². The van der Waals surface area contributed by atoms with Gasteiger partial charge in [0.1, 0.15) is 6.54 Å². The molecule has 1 aliphatic heterocycles. The van der Waals surface area contributed by atoms with Gasteiger partial charge in [0.15, 0.2) is 0 Å². The van der Waals surface area contributed by atoms with Gasteiger partial charge in [0, 0.05) is 18.2 Å². The summed E-state index contributed by atoms with van der Waals surface area (Å²) in [6.07, 6.45) is -2.19. The Labute approximate surface area is 138 Å². The van der Waals surface area contributed by atoms with Crippen molar-refractivity contribution < 1.29 is 22.8 Å². The molecule has 2 amide bonds. The lowest BCUT2D eigenvalue weighted by molar-refractivity contribution is -0.138. The minimum Gasteiger partial charge on any atom is -0.325 e. The van der Waals surface area contributed by atoms with E-state index in [1.807, 2.05) is 6.92 Å². The number of amides is 2. The van der Waals surface area contributed by atoms with Crippen molar-refractivity contribution in [1.29, 1.82) is 0 Å². The van der Waals surface area contributed by atoms with E-state index in [9.17, 15) is 22.8 Å². The summed E-state index contributed by atoms with van der Waals surface area (Å²) in [7, 11) is 0. The van der Waals surface area contributed by atoms with E-state index in [1.54, 1.807) is 0 Å². The number of benzene rings is 1. The van der Waals surface area contributed by atoms with Crippen LogP contribution in [-0.2, 0) is 15.8 Å². The predicted molar refractivity (Wildman–Crippen MR) is 83.1 cm³/mol. The molecule has 1 atom stereocenters. The number of hydrogen-bond donors (Lipinski definition) is 2. The summed E-state index contributed by atoms with van der Waals surface area (Å²) < 4.78 is 37.4. The lowest BCUT2D eigenvalue weighted by atomic mass is 10.1. The number of hydrogen-bond acceptors (Lipinski definition) is 3. The highest BCUT2D eigenvalue weighted by Crippen LogP contribution is 2.29. The first kappa shape index (κ1) is 18.3. The number of halogens is 3. The minimum atomic E-state index is -4.41. The first-order valence-electron chi connectivity index (χ1n) is 7.78. The number of anilines is 1. The Hall–Kier alpha value is -2.09. The molecule has 1 aromatic carbocycles. The van der Waals surface area contributed by atoms with Crippen molar-refractivity contribution >= 4 is 17.5 Å². The highest BCUT2D eigenvalue weighted by Gasteiger charge is 2.30. The summed E-state index contributed by atoms with van der Waals surface area (Å²) in [5.41, 5.74) is -0.521. The molecule has 0 aliphatic carbocycles. The van der Waals surface area contributed by atoms with Crippen LogP contribution in [0.5, 0.6) is 0 Å². The van der Waals surface area contributed by atoms with Gasteiger partial charge in [-0.15, -0.1) is 0 Å². The lowest BCUT2D eigenvalue weighted by Crippen LogP contribution is -2.52. The molecule has 0 bridgehead atoms. The molecule has 1 unspecified atom stereocenters. The van der Waals surface area contributed by atoms with Crippen LogP contribution in [0, 0.1) is 0 Å². The Morgan fingerprint density at radius 1 is 1.33 bits per heavy atom. The summed E-state index contributed by atoms with van der Waals surface area (Å²) in [6.45, 7) is 2.20. The molecule has 5 nitrogen and oxygen atoms in total. The number of nitrogens with zero attached hydrogens (tertiary/aromatic N) is 1. The van der Waals surface area contributed by atoms with E-state index < -0.39 is 17.6 Å². The summed E-state index contributed by atoms with van der Waals surface area (Å²) in [5.74, 6) is -0.548. The summed E-state index contributed by atoms with van der Waals surface area (Å²) in [6, 6.07) is 4.32. The van der Waals surface area contributed by atoms with Gasteiger partial charge >= 0.3 is 6.18 Å². The summed E-state index contributed by atoms with van der Waals surface area (Å²) in [5, 5.41) is 5.69. The Balaban J connectivity index is 1.86. The van der Waals surface area contributed by atoms with Gasteiger partial charge < -0.3 is 10.2 Å². The Kier molecular flexibility index (Phi) is 5.82. The zero-order chi connectivity index (χ0) is 17.7. The summed E-state index contributed by atoms with van der Waals surface area (Å²) >= 11 is 0. The lowest BCUT2D eigenvalue weighted by Gasteiger charge is -2.32. The molecule has 2 rings (SSSR count). The van der Waals surface area contributed by atoms with Crippen LogP contribution in [0.25, 0.3) is 0 Å². The Morgan fingerprint density at radius 3 is 2.54 bits per heavy atom. The van der Waals surface area contributed by atoms with Gasteiger partial charge in [0.25, 0.3) is 0 Å². The maximum absolute atomic E-state index is 12.5. The van der Waals surface area contributed by atoms with Gasteiger partial charge in [-0.3, -0.25) is 14.9 Å². The van der Waals surface area contributed by atoms with Crippen molar-refractivity contribution in [1.82, 2.24) is 10.2 Å². The first-order valence-corrected chi connectivity index (χ1v) is 7.78. The van der Waals surface area contributed by atoms with Gasteiger partial charge in [-0.25, -0.2) is 0 Å².